The Bertz CT molecular complexity index is 95.0. The topological polar surface area (TPSA) is 20.2 Å². The molecule has 0 aromatic rings. The SMILES string of the molecule is CCCCCC/C=C/[C@@H](C)O. The van der Waals surface area contributed by atoms with E-state index in [0.717, 1.165) is 6.42 Å². The average molecular weight is 156 g/mol. The van der Waals surface area contributed by atoms with Crippen molar-refractivity contribution in [3.8, 4) is 0 Å². The van der Waals surface area contributed by atoms with E-state index in [4.69, 9.17) is 5.11 Å². The Balaban J connectivity index is 3.01. The second-order valence-electron chi connectivity index (χ2n) is 3.02. The molecule has 0 unspecified atom stereocenters. The first-order chi connectivity index (χ1) is 5.27. The lowest BCUT2D eigenvalue weighted by atomic mass is 10.1. The first kappa shape index (κ1) is 10.7. The zero-order valence-electron chi connectivity index (χ0n) is 7.71. The van der Waals surface area contributed by atoms with Crippen LogP contribution >= 0.6 is 0 Å². The molecule has 0 heterocycles. The van der Waals surface area contributed by atoms with Crippen molar-refractivity contribution < 1.29 is 5.11 Å². The predicted octanol–water partition coefficient (Wildman–Crippen LogP) is 2.89. The van der Waals surface area contributed by atoms with E-state index in [1.54, 1.807) is 6.92 Å². The molecule has 0 aromatic carbocycles. The summed E-state index contributed by atoms with van der Waals surface area (Å²) in [6.07, 6.45) is 9.97. The first-order valence-electron chi connectivity index (χ1n) is 4.62. The molecule has 0 amide bonds. The first-order valence-corrected chi connectivity index (χ1v) is 4.62. The molecule has 0 spiro atoms. The fourth-order valence-electron chi connectivity index (χ4n) is 0.982. The molecule has 66 valence electrons. The van der Waals surface area contributed by atoms with E-state index in [1.165, 1.54) is 25.7 Å². The molecule has 0 aliphatic carbocycles. The Morgan fingerprint density at radius 1 is 1.27 bits per heavy atom. The van der Waals surface area contributed by atoms with Crippen molar-refractivity contribution in [2.24, 2.45) is 0 Å². The number of aliphatic hydroxyl groups excluding tert-OH is 1. The van der Waals surface area contributed by atoms with Gasteiger partial charge in [-0.3, -0.25) is 0 Å². The fourth-order valence-corrected chi connectivity index (χ4v) is 0.982. The molecule has 0 saturated carbocycles. The van der Waals surface area contributed by atoms with Crippen molar-refractivity contribution in [1.82, 2.24) is 0 Å². The van der Waals surface area contributed by atoms with Crippen molar-refractivity contribution in [2.45, 2.75) is 52.1 Å². The molecule has 0 bridgehead atoms. The summed E-state index contributed by atoms with van der Waals surface area (Å²) in [5.41, 5.74) is 0. The largest absolute Gasteiger partial charge is 0.389 e. The van der Waals surface area contributed by atoms with Gasteiger partial charge in [-0.1, -0.05) is 38.3 Å². The van der Waals surface area contributed by atoms with Crippen LogP contribution in [-0.2, 0) is 0 Å². The molecule has 0 radical (unpaired) electrons. The van der Waals surface area contributed by atoms with Crippen LogP contribution in [0.25, 0.3) is 0 Å². The normalized spacial score (nSPS) is 14.1. The predicted molar refractivity (Wildman–Crippen MR) is 49.6 cm³/mol. The van der Waals surface area contributed by atoms with Crippen molar-refractivity contribution in [2.75, 3.05) is 0 Å². The van der Waals surface area contributed by atoms with Crippen LogP contribution in [0, 0.1) is 0 Å². The minimum Gasteiger partial charge on any atom is -0.389 e. The van der Waals surface area contributed by atoms with Crippen LogP contribution in [0.15, 0.2) is 12.2 Å². The highest BCUT2D eigenvalue weighted by molar-refractivity contribution is 4.85. The van der Waals surface area contributed by atoms with Crippen LogP contribution < -0.4 is 0 Å². The molecule has 1 atom stereocenters. The Hall–Kier alpha value is -0.300. The summed E-state index contributed by atoms with van der Waals surface area (Å²) in [6, 6.07) is 0. The van der Waals surface area contributed by atoms with E-state index >= 15 is 0 Å². The third kappa shape index (κ3) is 9.70. The number of hydrogen-bond donors (Lipinski definition) is 1. The third-order valence-electron chi connectivity index (χ3n) is 1.64. The van der Waals surface area contributed by atoms with Gasteiger partial charge >= 0.3 is 0 Å². The van der Waals surface area contributed by atoms with Crippen LogP contribution in [0.5, 0.6) is 0 Å². The third-order valence-corrected chi connectivity index (χ3v) is 1.64. The van der Waals surface area contributed by atoms with Crippen LogP contribution in [0.1, 0.15) is 46.0 Å². The second-order valence-corrected chi connectivity index (χ2v) is 3.02. The molecular weight excluding hydrogens is 136 g/mol. The van der Waals surface area contributed by atoms with Crippen LogP contribution in [0.3, 0.4) is 0 Å². The lowest BCUT2D eigenvalue weighted by Crippen LogP contribution is -1.91. The molecule has 0 rings (SSSR count). The van der Waals surface area contributed by atoms with Gasteiger partial charge in [0, 0.05) is 0 Å². The monoisotopic (exact) mass is 156 g/mol. The number of unbranched alkanes of at least 4 members (excludes halogenated alkanes) is 4. The van der Waals surface area contributed by atoms with Crippen LogP contribution in [0.4, 0.5) is 0 Å². The summed E-state index contributed by atoms with van der Waals surface area (Å²) in [5, 5.41) is 8.87. The van der Waals surface area contributed by atoms with Crippen LogP contribution in [0.2, 0.25) is 0 Å². The van der Waals surface area contributed by atoms with E-state index in [2.05, 4.69) is 13.0 Å². The van der Waals surface area contributed by atoms with Gasteiger partial charge in [-0.25, -0.2) is 0 Å². The van der Waals surface area contributed by atoms with Gasteiger partial charge in [-0.05, 0) is 19.8 Å². The highest BCUT2D eigenvalue weighted by atomic mass is 16.3. The number of hydrogen-bond acceptors (Lipinski definition) is 1. The Morgan fingerprint density at radius 2 is 2.00 bits per heavy atom. The maximum atomic E-state index is 8.87. The van der Waals surface area contributed by atoms with Crippen molar-refractivity contribution in [3.05, 3.63) is 12.2 Å². The van der Waals surface area contributed by atoms with Gasteiger partial charge in [0.05, 0.1) is 6.10 Å². The molecular formula is C10H20O. The molecule has 0 saturated heterocycles. The van der Waals surface area contributed by atoms with Gasteiger partial charge in [-0.2, -0.15) is 0 Å². The zero-order chi connectivity index (χ0) is 8.53. The van der Waals surface area contributed by atoms with E-state index in [1.807, 2.05) is 6.08 Å². The number of allylic oxidation sites excluding steroid dienone is 1. The highest BCUT2D eigenvalue weighted by Gasteiger charge is 1.86. The van der Waals surface area contributed by atoms with Gasteiger partial charge in [0.15, 0.2) is 0 Å². The van der Waals surface area contributed by atoms with E-state index in [9.17, 15) is 0 Å². The quantitative estimate of drug-likeness (QED) is 0.463. The Morgan fingerprint density at radius 3 is 2.55 bits per heavy atom. The van der Waals surface area contributed by atoms with Gasteiger partial charge in [0.1, 0.15) is 0 Å². The molecule has 0 fully saturated rings. The highest BCUT2D eigenvalue weighted by Crippen LogP contribution is 2.02. The van der Waals surface area contributed by atoms with E-state index < -0.39 is 0 Å². The summed E-state index contributed by atoms with van der Waals surface area (Å²) in [6.45, 7) is 3.99. The molecule has 0 aromatic heterocycles. The number of aliphatic hydroxyl groups is 1. The second kappa shape index (κ2) is 7.80. The van der Waals surface area contributed by atoms with Crippen molar-refractivity contribution >= 4 is 0 Å². The Kier molecular flexibility index (Phi) is 7.59. The summed E-state index contributed by atoms with van der Waals surface area (Å²) in [4.78, 5) is 0. The van der Waals surface area contributed by atoms with Gasteiger partial charge in [-0.15, -0.1) is 0 Å². The maximum absolute atomic E-state index is 8.87. The molecule has 0 aliphatic heterocycles. The minimum absolute atomic E-state index is 0.277. The summed E-state index contributed by atoms with van der Waals surface area (Å²) < 4.78 is 0. The van der Waals surface area contributed by atoms with Crippen LogP contribution in [-0.4, -0.2) is 11.2 Å². The molecule has 11 heavy (non-hydrogen) atoms. The van der Waals surface area contributed by atoms with Crippen molar-refractivity contribution in [1.29, 1.82) is 0 Å². The standard InChI is InChI=1S/C10H20O/c1-3-4-5-6-7-8-9-10(2)11/h8-11H,3-7H2,1-2H3/b9-8+/t10-/m1/s1. The van der Waals surface area contributed by atoms with E-state index in [0.29, 0.717) is 0 Å². The van der Waals surface area contributed by atoms with Crippen molar-refractivity contribution in [3.63, 3.8) is 0 Å². The zero-order valence-corrected chi connectivity index (χ0v) is 7.71. The molecule has 1 heteroatoms. The lowest BCUT2D eigenvalue weighted by Gasteiger charge is -1.95. The minimum atomic E-state index is -0.277. The number of rotatable bonds is 6. The average Bonchev–Trinajstić information content (AvgIpc) is 1.96. The molecule has 1 nitrogen and oxygen atoms in total. The van der Waals surface area contributed by atoms with Gasteiger partial charge in [0.2, 0.25) is 0 Å². The van der Waals surface area contributed by atoms with Gasteiger partial charge in [0.25, 0.3) is 0 Å². The molecule has 0 aliphatic rings. The maximum Gasteiger partial charge on any atom is 0.0692 e. The summed E-state index contributed by atoms with van der Waals surface area (Å²) >= 11 is 0. The Labute approximate surface area is 70.1 Å². The molecule has 1 N–H and O–H groups in total. The fraction of sp³-hybridized carbons (Fsp3) is 0.800. The summed E-state index contributed by atoms with van der Waals surface area (Å²) in [7, 11) is 0. The summed E-state index contributed by atoms with van der Waals surface area (Å²) in [5.74, 6) is 0. The lowest BCUT2D eigenvalue weighted by molar-refractivity contribution is 0.244. The smallest absolute Gasteiger partial charge is 0.0692 e. The van der Waals surface area contributed by atoms with E-state index in [-0.39, 0.29) is 6.10 Å². The van der Waals surface area contributed by atoms with Gasteiger partial charge < -0.3 is 5.11 Å².